The number of sulfonamides is 1. The van der Waals surface area contributed by atoms with Gasteiger partial charge in [-0.1, -0.05) is 17.7 Å². The third-order valence-electron chi connectivity index (χ3n) is 4.06. The summed E-state index contributed by atoms with van der Waals surface area (Å²) in [5, 5.41) is 0. The molecule has 1 fully saturated rings. The zero-order valence-corrected chi connectivity index (χ0v) is 14.2. The van der Waals surface area contributed by atoms with Crippen LogP contribution in [0.4, 0.5) is 0 Å². The topological polar surface area (TPSA) is 65.1 Å². The number of hydrogen-bond acceptors (Lipinski definition) is 5. The first-order valence-corrected chi connectivity index (χ1v) is 8.54. The fourth-order valence-electron chi connectivity index (χ4n) is 2.62. The predicted molar refractivity (Wildman–Crippen MR) is 82.3 cm³/mol. The van der Waals surface area contributed by atoms with Crippen LogP contribution in [0.5, 0.6) is 0 Å². The molecule has 6 nitrogen and oxygen atoms in total. The number of likely N-dealkylation sites (N-methyl/N-ethyl adjacent to an activating group) is 1. The average molecular weight is 329 g/mol. The number of ether oxygens (including phenoxy) is 3. The summed E-state index contributed by atoms with van der Waals surface area (Å²) in [6, 6.07) is 6.35. The van der Waals surface area contributed by atoms with Gasteiger partial charge in [0.25, 0.3) is 0 Å². The SMILES string of the molecule is CO[C@H]1[C@H](N(C)S(=O)(=O)c2ccc(C)cc2)COC[C@H]1OC. The van der Waals surface area contributed by atoms with Crippen molar-refractivity contribution < 1.29 is 22.6 Å². The molecule has 7 heteroatoms. The van der Waals surface area contributed by atoms with E-state index >= 15 is 0 Å². The van der Waals surface area contributed by atoms with E-state index in [9.17, 15) is 8.42 Å². The van der Waals surface area contributed by atoms with Crippen LogP contribution in [-0.4, -0.2) is 65.5 Å². The maximum absolute atomic E-state index is 12.8. The second-order valence-electron chi connectivity index (χ2n) is 5.41. The minimum Gasteiger partial charge on any atom is -0.377 e. The molecule has 0 saturated carbocycles. The van der Waals surface area contributed by atoms with Crippen molar-refractivity contribution in [2.75, 3.05) is 34.5 Å². The summed E-state index contributed by atoms with van der Waals surface area (Å²) in [6.45, 7) is 2.59. The molecule has 2 rings (SSSR count). The van der Waals surface area contributed by atoms with Crippen molar-refractivity contribution in [2.45, 2.75) is 30.1 Å². The molecule has 1 aromatic carbocycles. The summed E-state index contributed by atoms with van der Waals surface area (Å²) < 4.78 is 43.1. The van der Waals surface area contributed by atoms with Crippen molar-refractivity contribution in [3.05, 3.63) is 29.8 Å². The van der Waals surface area contributed by atoms with Crippen LogP contribution in [0.3, 0.4) is 0 Å². The maximum atomic E-state index is 12.8. The smallest absolute Gasteiger partial charge is 0.243 e. The van der Waals surface area contributed by atoms with Crippen LogP contribution in [0.25, 0.3) is 0 Å². The van der Waals surface area contributed by atoms with E-state index in [0.29, 0.717) is 6.61 Å². The van der Waals surface area contributed by atoms with E-state index in [2.05, 4.69) is 0 Å². The molecule has 1 aliphatic rings. The Kier molecular flexibility index (Phi) is 5.57. The molecule has 0 spiro atoms. The van der Waals surface area contributed by atoms with Gasteiger partial charge in [-0.15, -0.1) is 0 Å². The number of nitrogens with zero attached hydrogens (tertiary/aromatic N) is 1. The second kappa shape index (κ2) is 7.06. The molecule has 124 valence electrons. The molecule has 1 aliphatic heterocycles. The standard InChI is InChI=1S/C15H23NO5S/c1-11-5-7-12(8-6-11)22(17,18)16(2)13-9-21-10-14(19-3)15(13)20-4/h5-8,13-15H,9-10H2,1-4H3/t13-,14-,15+/m1/s1. The Morgan fingerprint density at radius 2 is 1.77 bits per heavy atom. The van der Waals surface area contributed by atoms with Gasteiger partial charge >= 0.3 is 0 Å². The van der Waals surface area contributed by atoms with Crippen molar-refractivity contribution in [1.29, 1.82) is 0 Å². The van der Waals surface area contributed by atoms with Crippen molar-refractivity contribution in [3.8, 4) is 0 Å². The molecule has 0 unspecified atom stereocenters. The van der Waals surface area contributed by atoms with Crippen molar-refractivity contribution in [2.24, 2.45) is 0 Å². The van der Waals surface area contributed by atoms with Crippen LogP contribution in [0.1, 0.15) is 5.56 Å². The van der Waals surface area contributed by atoms with E-state index < -0.39 is 16.1 Å². The molecule has 0 aromatic heterocycles. The largest absolute Gasteiger partial charge is 0.377 e. The van der Waals surface area contributed by atoms with Gasteiger partial charge in [0.05, 0.1) is 24.2 Å². The highest BCUT2D eigenvalue weighted by Crippen LogP contribution is 2.24. The Balaban J connectivity index is 2.28. The van der Waals surface area contributed by atoms with Gasteiger partial charge in [-0.2, -0.15) is 4.31 Å². The molecular weight excluding hydrogens is 306 g/mol. The number of rotatable bonds is 5. The Morgan fingerprint density at radius 3 is 2.32 bits per heavy atom. The molecule has 0 aliphatic carbocycles. The lowest BCUT2D eigenvalue weighted by atomic mass is 10.0. The van der Waals surface area contributed by atoms with Gasteiger partial charge < -0.3 is 14.2 Å². The van der Waals surface area contributed by atoms with Crippen LogP contribution < -0.4 is 0 Å². The minimum atomic E-state index is -3.61. The first kappa shape index (κ1) is 17.4. The number of methoxy groups -OCH3 is 2. The van der Waals surface area contributed by atoms with Gasteiger partial charge in [-0.25, -0.2) is 8.42 Å². The lowest BCUT2D eigenvalue weighted by molar-refractivity contribution is -0.142. The molecule has 22 heavy (non-hydrogen) atoms. The van der Waals surface area contributed by atoms with Crippen molar-refractivity contribution >= 4 is 10.0 Å². The molecule has 0 bridgehead atoms. The lowest BCUT2D eigenvalue weighted by Gasteiger charge is -2.40. The van der Waals surface area contributed by atoms with E-state index in [0.717, 1.165) is 5.56 Å². The third kappa shape index (κ3) is 3.33. The van der Waals surface area contributed by atoms with Gasteiger partial charge in [0.15, 0.2) is 0 Å². The normalized spacial score (nSPS) is 26.3. The Morgan fingerprint density at radius 1 is 1.14 bits per heavy atom. The number of benzene rings is 1. The molecular formula is C15H23NO5S. The van der Waals surface area contributed by atoms with Crippen LogP contribution in [0.2, 0.25) is 0 Å². The van der Waals surface area contributed by atoms with Crippen LogP contribution in [0, 0.1) is 6.92 Å². The van der Waals surface area contributed by atoms with Gasteiger partial charge in [0.2, 0.25) is 10.0 Å². The lowest BCUT2D eigenvalue weighted by Crippen LogP contribution is -2.57. The third-order valence-corrected chi connectivity index (χ3v) is 5.95. The molecule has 1 heterocycles. The molecule has 3 atom stereocenters. The van der Waals surface area contributed by atoms with E-state index in [1.54, 1.807) is 45.5 Å². The van der Waals surface area contributed by atoms with Gasteiger partial charge in [0.1, 0.15) is 12.2 Å². The summed E-state index contributed by atoms with van der Waals surface area (Å²) in [6.07, 6.45) is -0.664. The fourth-order valence-corrected chi connectivity index (χ4v) is 3.97. The summed E-state index contributed by atoms with van der Waals surface area (Å²) in [5.41, 5.74) is 1.01. The Bertz CT molecular complexity index is 586. The highest BCUT2D eigenvalue weighted by atomic mass is 32.2. The number of hydrogen-bond donors (Lipinski definition) is 0. The summed E-state index contributed by atoms with van der Waals surface area (Å²) >= 11 is 0. The van der Waals surface area contributed by atoms with Crippen LogP contribution in [0.15, 0.2) is 29.2 Å². The zero-order chi connectivity index (χ0) is 16.3. The van der Waals surface area contributed by atoms with E-state index in [1.807, 2.05) is 6.92 Å². The Hall–Kier alpha value is -0.990. The van der Waals surface area contributed by atoms with Crippen molar-refractivity contribution in [1.82, 2.24) is 4.31 Å². The minimum absolute atomic E-state index is 0.259. The summed E-state index contributed by atoms with van der Waals surface area (Å²) in [7, 11) is 1.06. The van der Waals surface area contributed by atoms with E-state index in [4.69, 9.17) is 14.2 Å². The van der Waals surface area contributed by atoms with Gasteiger partial charge in [0, 0.05) is 21.3 Å². The summed E-state index contributed by atoms with van der Waals surface area (Å²) in [4.78, 5) is 0.259. The van der Waals surface area contributed by atoms with Crippen LogP contribution >= 0.6 is 0 Å². The van der Waals surface area contributed by atoms with E-state index in [1.165, 1.54) is 4.31 Å². The second-order valence-corrected chi connectivity index (χ2v) is 7.41. The highest BCUT2D eigenvalue weighted by molar-refractivity contribution is 7.89. The van der Waals surface area contributed by atoms with Gasteiger partial charge in [-0.05, 0) is 19.1 Å². The highest BCUT2D eigenvalue weighted by Gasteiger charge is 2.41. The monoisotopic (exact) mass is 329 g/mol. The molecule has 1 aromatic rings. The Labute approximate surface area is 132 Å². The molecule has 0 amide bonds. The number of aryl methyl sites for hydroxylation is 1. The fraction of sp³-hybridized carbons (Fsp3) is 0.600. The molecule has 1 saturated heterocycles. The quantitative estimate of drug-likeness (QED) is 0.808. The first-order chi connectivity index (χ1) is 10.4. The van der Waals surface area contributed by atoms with E-state index in [-0.39, 0.29) is 23.7 Å². The average Bonchev–Trinajstić information content (AvgIpc) is 2.53. The van der Waals surface area contributed by atoms with Crippen LogP contribution in [-0.2, 0) is 24.2 Å². The molecule has 0 radical (unpaired) electrons. The zero-order valence-electron chi connectivity index (χ0n) is 13.4. The maximum Gasteiger partial charge on any atom is 0.243 e. The van der Waals surface area contributed by atoms with Crippen molar-refractivity contribution in [3.63, 3.8) is 0 Å². The molecule has 0 N–H and O–H groups in total. The predicted octanol–water partition coefficient (Wildman–Crippen LogP) is 1.04. The summed E-state index contributed by atoms with van der Waals surface area (Å²) in [5.74, 6) is 0. The first-order valence-electron chi connectivity index (χ1n) is 7.10. The van der Waals surface area contributed by atoms with Gasteiger partial charge in [-0.3, -0.25) is 0 Å².